The molecule has 1 aromatic heterocycles. The highest BCUT2D eigenvalue weighted by Crippen LogP contribution is 2.25. The molecule has 1 aromatic carbocycles. The molecule has 1 fully saturated rings. The number of nitrogens with one attached hydrogen (secondary N) is 1. The lowest BCUT2D eigenvalue weighted by atomic mass is 10.1. The zero-order chi connectivity index (χ0) is 13.2. The van der Waals surface area contributed by atoms with Gasteiger partial charge < -0.3 is 9.32 Å². The molecule has 4 nitrogen and oxygen atoms in total. The summed E-state index contributed by atoms with van der Waals surface area (Å²) in [7, 11) is 1.80. The van der Waals surface area contributed by atoms with Gasteiger partial charge in [-0.05, 0) is 24.1 Å². The minimum absolute atomic E-state index is 0.102. The SMILES string of the molecule is CN1C(=O)[C@H](Cc2ccccc2)N[C@@H]1c1ccco1. The van der Waals surface area contributed by atoms with Gasteiger partial charge in [-0.1, -0.05) is 30.3 Å². The molecule has 0 bridgehead atoms. The number of benzene rings is 1. The zero-order valence-corrected chi connectivity index (χ0v) is 10.7. The van der Waals surface area contributed by atoms with Crippen molar-refractivity contribution in [1.82, 2.24) is 10.2 Å². The Kier molecular flexibility index (Phi) is 3.09. The van der Waals surface area contributed by atoms with Gasteiger partial charge in [-0.2, -0.15) is 0 Å². The summed E-state index contributed by atoms with van der Waals surface area (Å²) >= 11 is 0. The minimum Gasteiger partial charge on any atom is -0.466 e. The van der Waals surface area contributed by atoms with Crippen molar-refractivity contribution in [2.45, 2.75) is 18.6 Å². The van der Waals surface area contributed by atoms with Crippen molar-refractivity contribution in [3.63, 3.8) is 0 Å². The third-order valence-electron chi connectivity index (χ3n) is 3.49. The van der Waals surface area contributed by atoms with Gasteiger partial charge in [0.15, 0.2) is 0 Å². The molecule has 1 saturated heterocycles. The predicted octanol–water partition coefficient (Wildman–Crippen LogP) is 1.95. The average Bonchev–Trinajstić information content (AvgIpc) is 3.04. The highest BCUT2D eigenvalue weighted by Gasteiger charge is 2.38. The lowest BCUT2D eigenvalue weighted by Crippen LogP contribution is -2.31. The number of rotatable bonds is 3. The first kappa shape index (κ1) is 12.0. The van der Waals surface area contributed by atoms with Crippen LogP contribution in [0.1, 0.15) is 17.5 Å². The highest BCUT2D eigenvalue weighted by atomic mass is 16.3. The standard InChI is InChI=1S/C15H16N2O2/c1-17-14(13-8-5-9-19-13)16-12(15(17)18)10-11-6-3-2-4-7-11/h2-9,12,14,16H,10H2,1H3/t12-,14-/m0/s1. The van der Waals surface area contributed by atoms with Gasteiger partial charge in [0.1, 0.15) is 11.9 Å². The van der Waals surface area contributed by atoms with Crippen LogP contribution in [0.4, 0.5) is 0 Å². The Bertz CT molecular complexity index is 551. The van der Waals surface area contributed by atoms with Crippen LogP contribution in [-0.4, -0.2) is 23.9 Å². The lowest BCUT2D eigenvalue weighted by molar-refractivity contribution is -0.128. The van der Waals surface area contributed by atoms with E-state index in [-0.39, 0.29) is 18.1 Å². The van der Waals surface area contributed by atoms with Gasteiger partial charge in [-0.3, -0.25) is 10.1 Å². The molecule has 0 saturated carbocycles. The number of amides is 1. The normalized spacial score (nSPS) is 23.0. The second kappa shape index (κ2) is 4.90. The molecule has 19 heavy (non-hydrogen) atoms. The summed E-state index contributed by atoms with van der Waals surface area (Å²) < 4.78 is 5.38. The van der Waals surface area contributed by atoms with E-state index in [1.807, 2.05) is 42.5 Å². The van der Waals surface area contributed by atoms with E-state index in [0.717, 1.165) is 11.3 Å². The summed E-state index contributed by atoms with van der Waals surface area (Å²) in [6.07, 6.45) is 2.15. The van der Waals surface area contributed by atoms with Gasteiger partial charge in [0.05, 0.1) is 12.3 Å². The van der Waals surface area contributed by atoms with Crippen LogP contribution in [-0.2, 0) is 11.2 Å². The smallest absolute Gasteiger partial charge is 0.241 e. The number of nitrogens with zero attached hydrogens (tertiary/aromatic N) is 1. The van der Waals surface area contributed by atoms with E-state index in [1.54, 1.807) is 18.2 Å². The minimum atomic E-state index is -0.192. The van der Waals surface area contributed by atoms with Crippen molar-refractivity contribution in [2.24, 2.45) is 0 Å². The summed E-state index contributed by atoms with van der Waals surface area (Å²) in [6, 6.07) is 13.6. The quantitative estimate of drug-likeness (QED) is 0.913. The summed E-state index contributed by atoms with van der Waals surface area (Å²) in [5.74, 6) is 0.872. The molecule has 2 heterocycles. The number of furan rings is 1. The zero-order valence-electron chi connectivity index (χ0n) is 10.7. The van der Waals surface area contributed by atoms with Gasteiger partial charge in [0.25, 0.3) is 0 Å². The van der Waals surface area contributed by atoms with E-state index < -0.39 is 0 Å². The van der Waals surface area contributed by atoms with Gasteiger partial charge in [-0.25, -0.2) is 0 Å². The number of hydrogen-bond acceptors (Lipinski definition) is 3. The molecule has 1 aliphatic rings. The molecule has 4 heteroatoms. The van der Waals surface area contributed by atoms with E-state index in [2.05, 4.69) is 5.32 Å². The first-order valence-electron chi connectivity index (χ1n) is 6.36. The first-order chi connectivity index (χ1) is 9.25. The summed E-state index contributed by atoms with van der Waals surface area (Å²) in [4.78, 5) is 13.9. The third kappa shape index (κ3) is 2.27. The van der Waals surface area contributed by atoms with Crippen molar-refractivity contribution in [3.8, 4) is 0 Å². The molecule has 0 aliphatic carbocycles. The van der Waals surface area contributed by atoms with Crippen LogP contribution in [0.2, 0.25) is 0 Å². The second-order valence-corrected chi connectivity index (χ2v) is 4.78. The number of likely N-dealkylation sites (N-methyl/N-ethyl adjacent to an activating group) is 1. The molecule has 1 aliphatic heterocycles. The average molecular weight is 256 g/mol. The van der Waals surface area contributed by atoms with Crippen molar-refractivity contribution in [2.75, 3.05) is 7.05 Å². The van der Waals surface area contributed by atoms with Crippen LogP contribution in [0.5, 0.6) is 0 Å². The van der Waals surface area contributed by atoms with Crippen molar-refractivity contribution in [3.05, 3.63) is 60.1 Å². The fraction of sp³-hybridized carbons (Fsp3) is 0.267. The van der Waals surface area contributed by atoms with Gasteiger partial charge in [0, 0.05) is 7.05 Å². The fourth-order valence-corrected chi connectivity index (χ4v) is 2.46. The number of carbonyl (C=O) groups is 1. The topological polar surface area (TPSA) is 45.5 Å². The molecule has 1 amide bonds. The van der Waals surface area contributed by atoms with Crippen molar-refractivity contribution < 1.29 is 9.21 Å². The Balaban J connectivity index is 1.76. The number of hydrogen-bond donors (Lipinski definition) is 1. The lowest BCUT2D eigenvalue weighted by Gasteiger charge is -2.16. The van der Waals surface area contributed by atoms with Crippen LogP contribution in [0.15, 0.2) is 53.1 Å². The summed E-state index contributed by atoms with van der Waals surface area (Å²) in [6.45, 7) is 0. The molecule has 0 radical (unpaired) electrons. The first-order valence-corrected chi connectivity index (χ1v) is 6.36. The molecular formula is C15H16N2O2. The third-order valence-corrected chi connectivity index (χ3v) is 3.49. The maximum Gasteiger partial charge on any atom is 0.241 e. The molecule has 3 rings (SSSR count). The van der Waals surface area contributed by atoms with E-state index in [4.69, 9.17) is 4.42 Å². The Hall–Kier alpha value is -2.07. The molecule has 2 atom stereocenters. The van der Waals surface area contributed by atoms with E-state index >= 15 is 0 Å². The predicted molar refractivity (Wildman–Crippen MR) is 71.3 cm³/mol. The molecule has 98 valence electrons. The van der Waals surface area contributed by atoms with Crippen LogP contribution in [0.25, 0.3) is 0 Å². The molecule has 0 unspecified atom stereocenters. The Morgan fingerprint density at radius 3 is 2.68 bits per heavy atom. The van der Waals surface area contributed by atoms with Gasteiger partial charge in [-0.15, -0.1) is 0 Å². The van der Waals surface area contributed by atoms with Crippen LogP contribution in [0.3, 0.4) is 0 Å². The van der Waals surface area contributed by atoms with E-state index in [1.165, 1.54) is 0 Å². The van der Waals surface area contributed by atoms with Gasteiger partial charge in [0.2, 0.25) is 5.91 Å². The highest BCUT2D eigenvalue weighted by molar-refractivity contribution is 5.84. The van der Waals surface area contributed by atoms with E-state index in [0.29, 0.717) is 6.42 Å². The summed E-state index contributed by atoms with van der Waals surface area (Å²) in [5, 5.41) is 3.32. The van der Waals surface area contributed by atoms with Crippen molar-refractivity contribution in [1.29, 1.82) is 0 Å². The van der Waals surface area contributed by atoms with Gasteiger partial charge >= 0.3 is 0 Å². The van der Waals surface area contributed by atoms with Crippen molar-refractivity contribution >= 4 is 5.91 Å². The van der Waals surface area contributed by atoms with E-state index in [9.17, 15) is 4.79 Å². The van der Waals surface area contributed by atoms with Crippen LogP contribution in [0, 0.1) is 0 Å². The van der Waals surface area contributed by atoms with Crippen LogP contribution < -0.4 is 5.32 Å². The Labute approximate surface area is 112 Å². The fourth-order valence-electron chi connectivity index (χ4n) is 2.46. The summed E-state index contributed by atoms with van der Waals surface area (Å²) in [5.41, 5.74) is 1.15. The largest absolute Gasteiger partial charge is 0.466 e. The monoisotopic (exact) mass is 256 g/mol. The maximum atomic E-state index is 12.2. The molecule has 0 spiro atoms. The molecular weight excluding hydrogens is 240 g/mol. The Morgan fingerprint density at radius 2 is 2.00 bits per heavy atom. The van der Waals surface area contributed by atoms with Crippen LogP contribution >= 0.6 is 0 Å². The molecule has 2 aromatic rings. The molecule has 1 N–H and O–H groups in total. The second-order valence-electron chi connectivity index (χ2n) is 4.78. The Morgan fingerprint density at radius 1 is 1.21 bits per heavy atom. The number of carbonyl (C=O) groups excluding carboxylic acids is 1. The maximum absolute atomic E-state index is 12.2.